The number of nitrogens with zero attached hydrogens (tertiary/aromatic N) is 1. The quantitative estimate of drug-likeness (QED) is 0.908. The van der Waals surface area contributed by atoms with Crippen molar-refractivity contribution in [2.24, 2.45) is 0 Å². The third-order valence-corrected chi connectivity index (χ3v) is 3.85. The summed E-state index contributed by atoms with van der Waals surface area (Å²) in [6.45, 7) is 0. The third-order valence-electron chi connectivity index (χ3n) is 3.85. The van der Waals surface area contributed by atoms with E-state index in [-0.39, 0.29) is 17.6 Å². The molecule has 1 aliphatic rings. The normalized spacial score (nSPS) is 22.0. The predicted octanol–water partition coefficient (Wildman–Crippen LogP) is 2.37. The minimum absolute atomic E-state index is 0.192. The van der Waals surface area contributed by atoms with E-state index in [9.17, 15) is 9.90 Å². The Morgan fingerprint density at radius 3 is 2.76 bits per heavy atom. The van der Waals surface area contributed by atoms with E-state index >= 15 is 0 Å². The molecule has 0 spiro atoms. The molecule has 0 unspecified atom stereocenters. The van der Waals surface area contributed by atoms with Crippen LogP contribution >= 0.6 is 0 Å². The van der Waals surface area contributed by atoms with Crippen LogP contribution in [0.25, 0.3) is 11.3 Å². The van der Waals surface area contributed by atoms with Crippen LogP contribution in [-0.2, 0) is 0 Å². The van der Waals surface area contributed by atoms with E-state index in [1.807, 2.05) is 30.3 Å². The number of amides is 1. The van der Waals surface area contributed by atoms with Gasteiger partial charge in [-0.25, -0.2) is 0 Å². The molecule has 1 amide bonds. The molecular formula is C16H18N2O3. The van der Waals surface area contributed by atoms with E-state index in [1.165, 1.54) is 0 Å². The van der Waals surface area contributed by atoms with Gasteiger partial charge in [0.1, 0.15) is 0 Å². The number of aromatic nitrogens is 1. The summed E-state index contributed by atoms with van der Waals surface area (Å²) in [5.74, 6) is 0.261. The number of hydrogen-bond acceptors (Lipinski definition) is 4. The minimum Gasteiger partial charge on any atom is -0.391 e. The first-order chi connectivity index (χ1) is 10.2. The van der Waals surface area contributed by atoms with Gasteiger partial charge in [0, 0.05) is 11.6 Å². The number of hydrogen-bond donors (Lipinski definition) is 2. The van der Waals surface area contributed by atoms with Crippen LogP contribution < -0.4 is 5.32 Å². The summed E-state index contributed by atoms with van der Waals surface area (Å²) in [6, 6.07) is 10.9. The molecule has 5 nitrogen and oxygen atoms in total. The fourth-order valence-corrected chi connectivity index (χ4v) is 2.64. The average Bonchev–Trinajstić information content (AvgIpc) is 3.00. The zero-order valence-electron chi connectivity index (χ0n) is 11.7. The first-order valence-electron chi connectivity index (χ1n) is 7.25. The van der Waals surface area contributed by atoms with Crippen molar-refractivity contribution in [1.82, 2.24) is 10.5 Å². The molecule has 0 saturated heterocycles. The first kappa shape index (κ1) is 13.8. The summed E-state index contributed by atoms with van der Waals surface area (Å²) < 4.78 is 5.21. The largest absolute Gasteiger partial charge is 0.391 e. The molecule has 1 aliphatic carbocycles. The monoisotopic (exact) mass is 286 g/mol. The van der Waals surface area contributed by atoms with E-state index in [0.717, 1.165) is 31.2 Å². The van der Waals surface area contributed by atoms with Crippen molar-refractivity contribution in [3.8, 4) is 11.3 Å². The van der Waals surface area contributed by atoms with Gasteiger partial charge in [-0.1, -0.05) is 48.3 Å². The van der Waals surface area contributed by atoms with Gasteiger partial charge in [-0.05, 0) is 12.8 Å². The van der Waals surface area contributed by atoms with Gasteiger partial charge >= 0.3 is 0 Å². The molecule has 3 rings (SSSR count). The van der Waals surface area contributed by atoms with Gasteiger partial charge in [0.2, 0.25) is 0 Å². The number of carbonyl (C=O) groups is 1. The van der Waals surface area contributed by atoms with Crippen LogP contribution in [0.5, 0.6) is 0 Å². The maximum Gasteiger partial charge on any atom is 0.273 e. The Hall–Kier alpha value is -2.14. The number of rotatable bonds is 3. The molecule has 1 fully saturated rings. The van der Waals surface area contributed by atoms with E-state index in [2.05, 4.69) is 10.5 Å². The number of aliphatic hydroxyl groups excluding tert-OH is 1. The van der Waals surface area contributed by atoms with Crippen LogP contribution in [0.15, 0.2) is 40.9 Å². The Morgan fingerprint density at radius 1 is 1.24 bits per heavy atom. The first-order valence-corrected chi connectivity index (χ1v) is 7.25. The van der Waals surface area contributed by atoms with E-state index < -0.39 is 6.10 Å². The standard InChI is InChI=1S/C16H18N2O3/c19-14-9-5-4-8-12(14)17-16(20)13-10-15(21-18-13)11-6-2-1-3-7-11/h1-3,6-7,10,12,14,19H,4-5,8-9H2,(H,17,20)/t12-,14-/m0/s1. The second kappa shape index (κ2) is 6.10. The van der Waals surface area contributed by atoms with Crippen molar-refractivity contribution in [3.63, 3.8) is 0 Å². The van der Waals surface area contributed by atoms with Crippen molar-refractivity contribution in [2.45, 2.75) is 37.8 Å². The Bertz CT molecular complexity index is 609. The third kappa shape index (κ3) is 3.13. The van der Waals surface area contributed by atoms with Crippen LogP contribution in [0, 0.1) is 0 Å². The van der Waals surface area contributed by atoms with Gasteiger partial charge in [0.05, 0.1) is 12.1 Å². The fourth-order valence-electron chi connectivity index (χ4n) is 2.64. The zero-order chi connectivity index (χ0) is 14.7. The van der Waals surface area contributed by atoms with E-state index in [4.69, 9.17) is 4.52 Å². The Kier molecular flexibility index (Phi) is 4.01. The Balaban J connectivity index is 1.69. The van der Waals surface area contributed by atoms with Crippen LogP contribution in [0.3, 0.4) is 0 Å². The topological polar surface area (TPSA) is 75.4 Å². The molecule has 2 atom stereocenters. The van der Waals surface area contributed by atoms with Gasteiger partial charge in [-0.15, -0.1) is 0 Å². The average molecular weight is 286 g/mol. The predicted molar refractivity (Wildman–Crippen MR) is 77.7 cm³/mol. The van der Waals surface area contributed by atoms with Gasteiger partial charge < -0.3 is 14.9 Å². The number of carbonyl (C=O) groups excluding carboxylic acids is 1. The highest BCUT2D eigenvalue weighted by Gasteiger charge is 2.26. The minimum atomic E-state index is -0.469. The molecule has 2 aromatic rings. The zero-order valence-corrected chi connectivity index (χ0v) is 11.7. The molecule has 1 saturated carbocycles. The molecule has 1 aromatic heterocycles. The molecule has 5 heteroatoms. The number of aliphatic hydroxyl groups is 1. The summed E-state index contributed by atoms with van der Waals surface area (Å²) in [6.07, 6.45) is 3.10. The molecule has 110 valence electrons. The Morgan fingerprint density at radius 2 is 2.00 bits per heavy atom. The van der Waals surface area contributed by atoms with Crippen molar-refractivity contribution in [2.75, 3.05) is 0 Å². The van der Waals surface area contributed by atoms with E-state index in [0.29, 0.717) is 5.76 Å². The molecule has 21 heavy (non-hydrogen) atoms. The lowest BCUT2D eigenvalue weighted by molar-refractivity contribution is 0.0711. The Labute approximate surface area is 123 Å². The van der Waals surface area contributed by atoms with Gasteiger partial charge in [-0.3, -0.25) is 4.79 Å². The van der Waals surface area contributed by atoms with Gasteiger partial charge in [0.25, 0.3) is 5.91 Å². The molecule has 1 heterocycles. The number of nitrogens with one attached hydrogen (secondary N) is 1. The van der Waals surface area contributed by atoms with Crippen molar-refractivity contribution >= 4 is 5.91 Å². The lowest BCUT2D eigenvalue weighted by atomic mass is 9.92. The van der Waals surface area contributed by atoms with Crippen molar-refractivity contribution < 1.29 is 14.4 Å². The van der Waals surface area contributed by atoms with Crippen LogP contribution in [0.4, 0.5) is 0 Å². The highest BCUT2D eigenvalue weighted by Crippen LogP contribution is 2.21. The second-order valence-electron chi connectivity index (χ2n) is 5.37. The fraction of sp³-hybridized carbons (Fsp3) is 0.375. The summed E-state index contributed by atoms with van der Waals surface area (Å²) in [7, 11) is 0. The maximum absolute atomic E-state index is 12.2. The van der Waals surface area contributed by atoms with Gasteiger partial charge in [0.15, 0.2) is 11.5 Å². The maximum atomic E-state index is 12.2. The summed E-state index contributed by atoms with van der Waals surface area (Å²) in [4.78, 5) is 12.2. The lowest BCUT2D eigenvalue weighted by Crippen LogP contribution is -2.45. The van der Waals surface area contributed by atoms with E-state index in [1.54, 1.807) is 6.07 Å². The number of benzene rings is 1. The molecule has 1 aromatic carbocycles. The summed E-state index contributed by atoms with van der Waals surface area (Å²) in [5.41, 5.74) is 1.12. The smallest absolute Gasteiger partial charge is 0.273 e. The SMILES string of the molecule is O=C(N[C@H]1CCCC[C@@H]1O)c1cc(-c2ccccc2)on1. The van der Waals surface area contributed by atoms with Crippen LogP contribution in [0.2, 0.25) is 0 Å². The van der Waals surface area contributed by atoms with Crippen molar-refractivity contribution in [1.29, 1.82) is 0 Å². The van der Waals surface area contributed by atoms with Crippen molar-refractivity contribution in [3.05, 3.63) is 42.1 Å². The summed E-state index contributed by atoms with van der Waals surface area (Å²) >= 11 is 0. The van der Waals surface area contributed by atoms with Crippen LogP contribution in [0.1, 0.15) is 36.2 Å². The van der Waals surface area contributed by atoms with Crippen LogP contribution in [-0.4, -0.2) is 28.3 Å². The second-order valence-corrected chi connectivity index (χ2v) is 5.37. The lowest BCUT2D eigenvalue weighted by Gasteiger charge is -2.27. The molecular weight excluding hydrogens is 268 g/mol. The highest BCUT2D eigenvalue weighted by molar-refractivity contribution is 5.93. The van der Waals surface area contributed by atoms with Gasteiger partial charge in [-0.2, -0.15) is 0 Å². The molecule has 0 radical (unpaired) electrons. The summed E-state index contributed by atoms with van der Waals surface area (Å²) in [5, 5.41) is 16.5. The molecule has 2 N–H and O–H groups in total. The highest BCUT2D eigenvalue weighted by atomic mass is 16.5. The molecule has 0 bridgehead atoms. The molecule has 0 aliphatic heterocycles.